The van der Waals surface area contributed by atoms with Crippen LogP contribution in [0.2, 0.25) is 0 Å². The Morgan fingerprint density at radius 1 is 1.57 bits per heavy atom. The number of rotatable bonds is 4. The minimum Gasteiger partial charge on any atom is -0.378 e. The average Bonchev–Trinajstić information content (AvgIpc) is 2.26. The highest BCUT2D eigenvalue weighted by atomic mass is 32.2. The van der Waals surface area contributed by atoms with Crippen molar-refractivity contribution in [2.24, 2.45) is 0 Å². The fourth-order valence-corrected chi connectivity index (χ4v) is 1.82. The molecule has 1 atom stereocenters. The molecule has 1 saturated heterocycles. The highest BCUT2D eigenvalue weighted by Gasteiger charge is 2.16. The molecule has 1 aliphatic heterocycles. The molecule has 1 unspecified atom stereocenters. The summed E-state index contributed by atoms with van der Waals surface area (Å²) < 4.78 is 5.46. The molecule has 1 amide bonds. The molecule has 0 bridgehead atoms. The fraction of sp³-hybridized carbons (Fsp3) is 0.889. The van der Waals surface area contributed by atoms with E-state index >= 15 is 0 Å². The number of hydrogen-bond acceptors (Lipinski definition) is 4. The number of carbonyl (C=O) groups excluding carboxylic acids is 1. The van der Waals surface area contributed by atoms with Crippen molar-refractivity contribution in [3.05, 3.63) is 0 Å². The number of hydrogen-bond donors (Lipinski definition) is 1. The quantitative estimate of drug-likeness (QED) is 0.587. The van der Waals surface area contributed by atoms with Crippen LogP contribution in [0.1, 0.15) is 12.8 Å². The van der Waals surface area contributed by atoms with Gasteiger partial charge in [0.2, 0.25) is 5.91 Å². The Balaban J connectivity index is 2.19. The molecule has 5 heteroatoms. The molecular formula is C9H17NO2S2. The van der Waals surface area contributed by atoms with E-state index in [-0.39, 0.29) is 10.5 Å². The van der Waals surface area contributed by atoms with Crippen molar-refractivity contribution in [2.45, 2.75) is 17.4 Å². The van der Waals surface area contributed by atoms with E-state index in [0.29, 0.717) is 19.6 Å². The number of ether oxygens (including phenoxy) is 1. The predicted molar refractivity (Wildman–Crippen MR) is 62.9 cm³/mol. The number of amides is 1. The molecule has 0 aliphatic carbocycles. The van der Waals surface area contributed by atoms with Gasteiger partial charge in [0, 0.05) is 24.1 Å². The zero-order valence-electron chi connectivity index (χ0n) is 8.44. The minimum atomic E-state index is 0.237. The second-order valence-corrected chi connectivity index (χ2v) is 5.24. The van der Waals surface area contributed by atoms with Crippen molar-refractivity contribution in [3.8, 4) is 0 Å². The maximum atomic E-state index is 11.6. The molecule has 0 spiro atoms. The van der Waals surface area contributed by atoms with E-state index in [1.165, 1.54) is 0 Å². The largest absolute Gasteiger partial charge is 0.378 e. The lowest BCUT2D eigenvalue weighted by atomic mass is 10.3. The fourth-order valence-electron chi connectivity index (χ4n) is 1.34. The van der Waals surface area contributed by atoms with Crippen molar-refractivity contribution in [2.75, 3.05) is 32.6 Å². The summed E-state index contributed by atoms with van der Waals surface area (Å²) in [6, 6.07) is 0. The first-order valence-corrected chi connectivity index (χ1v) is 6.61. The summed E-state index contributed by atoms with van der Waals surface area (Å²) in [4.78, 5) is 13.5. The molecule has 1 heterocycles. The van der Waals surface area contributed by atoms with Gasteiger partial charge in [0.1, 0.15) is 0 Å². The molecule has 0 saturated carbocycles. The molecule has 0 aromatic heterocycles. The molecule has 1 aliphatic rings. The summed E-state index contributed by atoms with van der Waals surface area (Å²) in [6.45, 7) is 2.85. The summed E-state index contributed by atoms with van der Waals surface area (Å²) in [5.41, 5.74) is 0. The third-order valence-electron chi connectivity index (χ3n) is 2.24. The van der Waals surface area contributed by atoms with Gasteiger partial charge < -0.3 is 9.64 Å². The van der Waals surface area contributed by atoms with Crippen LogP contribution in [0.3, 0.4) is 0 Å². The number of carbonyl (C=O) groups is 1. The van der Waals surface area contributed by atoms with Crippen molar-refractivity contribution < 1.29 is 9.53 Å². The van der Waals surface area contributed by atoms with Gasteiger partial charge in [0.25, 0.3) is 0 Å². The van der Waals surface area contributed by atoms with Crippen LogP contribution in [0.25, 0.3) is 0 Å². The van der Waals surface area contributed by atoms with Gasteiger partial charge in [-0.05, 0) is 12.7 Å². The molecule has 3 nitrogen and oxygen atoms in total. The molecule has 1 fully saturated rings. The third-order valence-corrected chi connectivity index (χ3v) is 3.91. The van der Waals surface area contributed by atoms with Crippen LogP contribution in [-0.4, -0.2) is 47.9 Å². The summed E-state index contributed by atoms with van der Waals surface area (Å²) in [6.07, 6.45) is 3.46. The van der Waals surface area contributed by atoms with Crippen molar-refractivity contribution in [1.29, 1.82) is 0 Å². The van der Waals surface area contributed by atoms with Crippen molar-refractivity contribution in [1.82, 2.24) is 4.90 Å². The second-order valence-electron chi connectivity index (χ2n) is 3.22. The van der Waals surface area contributed by atoms with Gasteiger partial charge in [-0.3, -0.25) is 4.79 Å². The van der Waals surface area contributed by atoms with Crippen LogP contribution in [0, 0.1) is 0 Å². The van der Waals surface area contributed by atoms with Gasteiger partial charge in [-0.1, -0.05) is 0 Å². The van der Waals surface area contributed by atoms with E-state index in [1.54, 1.807) is 11.8 Å². The van der Waals surface area contributed by atoms with Crippen LogP contribution in [0.15, 0.2) is 0 Å². The second kappa shape index (κ2) is 6.58. The molecule has 1 rings (SSSR count). The van der Waals surface area contributed by atoms with Crippen LogP contribution < -0.4 is 0 Å². The van der Waals surface area contributed by atoms with Gasteiger partial charge in [0.05, 0.1) is 13.2 Å². The molecule has 0 radical (unpaired) electrons. The first-order valence-electron chi connectivity index (χ1n) is 4.80. The molecule has 0 N–H and O–H groups in total. The van der Waals surface area contributed by atoms with E-state index in [0.717, 1.165) is 19.5 Å². The normalized spacial score (nSPS) is 19.4. The Morgan fingerprint density at radius 3 is 2.79 bits per heavy atom. The van der Waals surface area contributed by atoms with Gasteiger partial charge >= 0.3 is 0 Å². The van der Waals surface area contributed by atoms with E-state index in [4.69, 9.17) is 4.74 Å². The summed E-state index contributed by atoms with van der Waals surface area (Å²) >= 11 is 6.02. The number of thioether (sulfide) groups is 1. The Bertz CT molecular complexity index is 184. The maximum absolute atomic E-state index is 11.6. The summed E-state index contributed by atoms with van der Waals surface area (Å²) in [5.74, 6) is 0.237. The van der Waals surface area contributed by atoms with Crippen LogP contribution in [-0.2, 0) is 9.53 Å². The average molecular weight is 235 g/mol. The van der Waals surface area contributed by atoms with E-state index in [9.17, 15) is 4.79 Å². The molecule has 82 valence electrons. The van der Waals surface area contributed by atoms with Crippen LogP contribution >= 0.6 is 24.4 Å². The Hall–Kier alpha value is 0.130. The van der Waals surface area contributed by atoms with E-state index in [2.05, 4.69) is 12.6 Å². The topological polar surface area (TPSA) is 29.5 Å². The minimum absolute atomic E-state index is 0.237. The summed E-state index contributed by atoms with van der Waals surface area (Å²) in [7, 11) is 0. The molecule has 0 aromatic carbocycles. The third kappa shape index (κ3) is 4.11. The zero-order chi connectivity index (χ0) is 10.4. The molecule has 0 aromatic rings. The monoisotopic (exact) mass is 235 g/mol. The first-order chi connectivity index (χ1) is 6.74. The molecular weight excluding hydrogens is 218 g/mol. The summed E-state index contributed by atoms with van der Waals surface area (Å²) in [5, 5.41) is 0. The van der Waals surface area contributed by atoms with Gasteiger partial charge in [0.15, 0.2) is 0 Å². The Morgan fingerprint density at radius 2 is 2.21 bits per heavy atom. The van der Waals surface area contributed by atoms with Gasteiger partial charge in [-0.15, -0.1) is 0 Å². The SMILES string of the molecule is CSC(S)CCC(=O)N1CCOCC1. The lowest BCUT2D eigenvalue weighted by Crippen LogP contribution is -2.40. The lowest BCUT2D eigenvalue weighted by Gasteiger charge is -2.27. The highest BCUT2D eigenvalue weighted by Crippen LogP contribution is 2.17. The van der Waals surface area contributed by atoms with E-state index in [1.807, 2.05) is 11.2 Å². The Labute approximate surface area is 95.0 Å². The highest BCUT2D eigenvalue weighted by molar-refractivity contribution is 8.09. The zero-order valence-corrected chi connectivity index (χ0v) is 10.2. The maximum Gasteiger partial charge on any atom is 0.222 e. The number of thiol groups is 1. The lowest BCUT2D eigenvalue weighted by molar-refractivity contribution is -0.135. The van der Waals surface area contributed by atoms with Crippen molar-refractivity contribution in [3.63, 3.8) is 0 Å². The van der Waals surface area contributed by atoms with Crippen molar-refractivity contribution >= 4 is 30.3 Å². The molecule has 14 heavy (non-hydrogen) atoms. The number of nitrogens with zero attached hydrogens (tertiary/aromatic N) is 1. The first kappa shape index (κ1) is 12.2. The van der Waals surface area contributed by atoms with E-state index < -0.39 is 0 Å². The standard InChI is InChI=1S/C9H17NO2S2/c1-14-9(13)3-2-8(11)10-4-6-12-7-5-10/h9,13H,2-7H2,1H3. The van der Waals surface area contributed by atoms with Crippen LogP contribution in [0.5, 0.6) is 0 Å². The van der Waals surface area contributed by atoms with Gasteiger partial charge in [-0.25, -0.2) is 0 Å². The number of morpholine rings is 1. The Kier molecular flexibility index (Phi) is 5.74. The van der Waals surface area contributed by atoms with Crippen LogP contribution in [0.4, 0.5) is 0 Å². The smallest absolute Gasteiger partial charge is 0.222 e. The predicted octanol–water partition coefficient (Wildman–Crippen LogP) is 1.24. The van der Waals surface area contributed by atoms with Gasteiger partial charge in [-0.2, -0.15) is 24.4 Å².